The van der Waals surface area contributed by atoms with Crippen LogP contribution in [-0.2, 0) is 13.5 Å². The summed E-state index contributed by atoms with van der Waals surface area (Å²) < 4.78 is 2.94. The van der Waals surface area contributed by atoms with Gasteiger partial charge in [-0.3, -0.25) is 0 Å². The topological polar surface area (TPSA) is 29.9 Å². The van der Waals surface area contributed by atoms with E-state index in [0.29, 0.717) is 0 Å². The Bertz CT molecular complexity index is 539. The normalized spacial score (nSPS) is 12.7. The van der Waals surface area contributed by atoms with Gasteiger partial charge in [-0.1, -0.05) is 33.6 Å². The van der Waals surface area contributed by atoms with E-state index in [1.807, 2.05) is 49.4 Å². The highest BCUT2D eigenvalue weighted by Gasteiger charge is 2.14. The number of aromatic nitrogens is 2. The molecular weight excluding hydrogens is 314 g/mol. The Morgan fingerprint density at radius 1 is 1.50 bits per heavy atom. The second kappa shape index (κ2) is 5.87. The van der Waals surface area contributed by atoms with Gasteiger partial charge in [0.15, 0.2) is 0 Å². The SMILES string of the molecule is CNC(Cc1ccc(Br)cc1Cl)c1cn(C)cn1. The van der Waals surface area contributed by atoms with Crippen LogP contribution in [0.15, 0.2) is 35.2 Å². The van der Waals surface area contributed by atoms with Gasteiger partial charge in [0, 0.05) is 22.7 Å². The van der Waals surface area contributed by atoms with E-state index in [1.54, 1.807) is 0 Å². The molecule has 2 rings (SSSR count). The first-order chi connectivity index (χ1) is 8.60. The molecular formula is C13H15BrClN3. The van der Waals surface area contributed by atoms with E-state index in [-0.39, 0.29) is 6.04 Å². The molecule has 1 aromatic heterocycles. The molecule has 0 saturated heterocycles. The van der Waals surface area contributed by atoms with Crippen LogP contribution in [0.3, 0.4) is 0 Å². The van der Waals surface area contributed by atoms with Crippen molar-refractivity contribution in [1.29, 1.82) is 0 Å². The van der Waals surface area contributed by atoms with Gasteiger partial charge in [0.1, 0.15) is 0 Å². The number of nitrogens with zero attached hydrogens (tertiary/aromatic N) is 2. The summed E-state index contributed by atoms with van der Waals surface area (Å²) >= 11 is 9.65. The molecule has 96 valence electrons. The van der Waals surface area contributed by atoms with Crippen LogP contribution in [0.5, 0.6) is 0 Å². The van der Waals surface area contributed by atoms with E-state index in [2.05, 4.69) is 26.2 Å². The summed E-state index contributed by atoms with van der Waals surface area (Å²) in [4.78, 5) is 4.38. The molecule has 0 fully saturated rings. The number of likely N-dealkylation sites (N-methyl/N-ethyl adjacent to an activating group) is 1. The van der Waals surface area contributed by atoms with Crippen molar-refractivity contribution in [2.24, 2.45) is 7.05 Å². The fourth-order valence-electron chi connectivity index (χ4n) is 1.87. The lowest BCUT2D eigenvalue weighted by Gasteiger charge is -2.15. The summed E-state index contributed by atoms with van der Waals surface area (Å²) in [5.74, 6) is 0. The van der Waals surface area contributed by atoms with Crippen molar-refractivity contribution in [1.82, 2.24) is 14.9 Å². The molecule has 0 aliphatic rings. The first-order valence-corrected chi connectivity index (χ1v) is 6.86. The summed E-state index contributed by atoms with van der Waals surface area (Å²) in [6.45, 7) is 0. The summed E-state index contributed by atoms with van der Waals surface area (Å²) in [5, 5.41) is 4.05. The highest BCUT2D eigenvalue weighted by atomic mass is 79.9. The summed E-state index contributed by atoms with van der Waals surface area (Å²) in [6, 6.07) is 6.14. The van der Waals surface area contributed by atoms with E-state index in [1.165, 1.54) is 0 Å². The van der Waals surface area contributed by atoms with E-state index in [0.717, 1.165) is 27.2 Å². The van der Waals surface area contributed by atoms with Crippen LogP contribution in [0.1, 0.15) is 17.3 Å². The van der Waals surface area contributed by atoms with E-state index in [4.69, 9.17) is 11.6 Å². The molecule has 3 nitrogen and oxygen atoms in total. The Balaban J connectivity index is 2.20. The third-order valence-corrected chi connectivity index (χ3v) is 3.71. The predicted molar refractivity (Wildman–Crippen MR) is 77.9 cm³/mol. The van der Waals surface area contributed by atoms with Gasteiger partial charge in [0.05, 0.1) is 18.1 Å². The van der Waals surface area contributed by atoms with Crippen LogP contribution < -0.4 is 5.32 Å². The van der Waals surface area contributed by atoms with Gasteiger partial charge in [0.2, 0.25) is 0 Å². The fourth-order valence-corrected chi connectivity index (χ4v) is 2.63. The van der Waals surface area contributed by atoms with Gasteiger partial charge in [-0.05, 0) is 31.2 Å². The Kier molecular flexibility index (Phi) is 4.43. The molecule has 1 unspecified atom stereocenters. The second-order valence-electron chi connectivity index (χ2n) is 4.25. The molecule has 1 atom stereocenters. The minimum Gasteiger partial charge on any atom is -0.340 e. The van der Waals surface area contributed by atoms with Gasteiger partial charge < -0.3 is 9.88 Å². The van der Waals surface area contributed by atoms with Crippen LogP contribution in [0, 0.1) is 0 Å². The maximum atomic E-state index is 6.24. The maximum Gasteiger partial charge on any atom is 0.0947 e. The lowest BCUT2D eigenvalue weighted by atomic mass is 10.0. The molecule has 0 aliphatic heterocycles. The minimum absolute atomic E-state index is 0.171. The molecule has 1 aromatic carbocycles. The number of aryl methyl sites for hydroxylation is 1. The number of halogens is 2. The predicted octanol–water partition coefficient (Wildman–Crippen LogP) is 3.34. The van der Waals surface area contributed by atoms with Gasteiger partial charge in [-0.15, -0.1) is 0 Å². The van der Waals surface area contributed by atoms with Crippen molar-refractivity contribution >= 4 is 27.5 Å². The summed E-state index contributed by atoms with van der Waals surface area (Å²) in [5.41, 5.74) is 2.14. The Labute approximate surface area is 120 Å². The highest BCUT2D eigenvalue weighted by Crippen LogP contribution is 2.25. The third-order valence-electron chi connectivity index (χ3n) is 2.87. The number of imidazole rings is 1. The molecule has 0 aliphatic carbocycles. The van der Waals surface area contributed by atoms with Crippen LogP contribution in [0.4, 0.5) is 0 Å². The van der Waals surface area contributed by atoms with Crippen molar-refractivity contribution in [3.8, 4) is 0 Å². The lowest BCUT2D eigenvalue weighted by Crippen LogP contribution is -2.19. The van der Waals surface area contributed by atoms with Gasteiger partial charge in [-0.2, -0.15) is 0 Å². The van der Waals surface area contributed by atoms with Crippen LogP contribution >= 0.6 is 27.5 Å². The molecule has 18 heavy (non-hydrogen) atoms. The van der Waals surface area contributed by atoms with Crippen molar-refractivity contribution in [2.75, 3.05) is 7.05 Å². The Hall–Kier alpha value is -0.840. The third kappa shape index (κ3) is 3.13. The van der Waals surface area contributed by atoms with Crippen molar-refractivity contribution in [3.63, 3.8) is 0 Å². The van der Waals surface area contributed by atoms with Crippen LogP contribution in [0.2, 0.25) is 5.02 Å². The number of nitrogens with one attached hydrogen (secondary N) is 1. The molecule has 0 bridgehead atoms. The van der Waals surface area contributed by atoms with E-state index >= 15 is 0 Å². The molecule has 0 saturated carbocycles. The first-order valence-electron chi connectivity index (χ1n) is 5.69. The van der Waals surface area contributed by atoms with Crippen molar-refractivity contribution < 1.29 is 0 Å². The summed E-state index contributed by atoms with van der Waals surface area (Å²) in [7, 11) is 3.90. The van der Waals surface area contributed by atoms with E-state index in [9.17, 15) is 0 Å². The quantitative estimate of drug-likeness (QED) is 0.933. The van der Waals surface area contributed by atoms with Crippen LogP contribution in [-0.4, -0.2) is 16.6 Å². The zero-order chi connectivity index (χ0) is 13.1. The maximum absolute atomic E-state index is 6.24. The molecule has 0 spiro atoms. The van der Waals surface area contributed by atoms with Crippen molar-refractivity contribution in [3.05, 3.63) is 51.5 Å². The van der Waals surface area contributed by atoms with Gasteiger partial charge in [-0.25, -0.2) is 4.98 Å². The van der Waals surface area contributed by atoms with Crippen molar-refractivity contribution in [2.45, 2.75) is 12.5 Å². The number of benzene rings is 1. The smallest absolute Gasteiger partial charge is 0.0947 e. The Morgan fingerprint density at radius 2 is 2.28 bits per heavy atom. The fraction of sp³-hybridized carbons (Fsp3) is 0.308. The molecule has 2 aromatic rings. The largest absolute Gasteiger partial charge is 0.340 e. The molecule has 5 heteroatoms. The van der Waals surface area contributed by atoms with Gasteiger partial charge >= 0.3 is 0 Å². The van der Waals surface area contributed by atoms with Gasteiger partial charge in [0.25, 0.3) is 0 Å². The van der Waals surface area contributed by atoms with Crippen LogP contribution in [0.25, 0.3) is 0 Å². The molecule has 1 heterocycles. The Morgan fingerprint density at radius 3 is 2.83 bits per heavy atom. The minimum atomic E-state index is 0.171. The zero-order valence-electron chi connectivity index (χ0n) is 10.3. The number of hydrogen-bond acceptors (Lipinski definition) is 2. The number of hydrogen-bond donors (Lipinski definition) is 1. The monoisotopic (exact) mass is 327 g/mol. The lowest BCUT2D eigenvalue weighted by molar-refractivity contribution is 0.578. The average molecular weight is 329 g/mol. The molecule has 0 radical (unpaired) electrons. The zero-order valence-corrected chi connectivity index (χ0v) is 12.7. The average Bonchev–Trinajstić information content (AvgIpc) is 2.75. The van der Waals surface area contributed by atoms with E-state index < -0.39 is 0 Å². The second-order valence-corrected chi connectivity index (χ2v) is 5.57. The standard InChI is InChI=1S/C13H15BrClN3/c1-16-12(13-7-18(2)8-17-13)5-9-3-4-10(14)6-11(9)15/h3-4,6-8,12,16H,5H2,1-2H3. The molecule has 0 amide bonds. The highest BCUT2D eigenvalue weighted by molar-refractivity contribution is 9.10. The summed E-state index contributed by atoms with van der Waals surface area (Å²) in [6.07, 6.45) is 4.65. The first kappa shape index (κ1) is 13.6. The number of rotatable bonds is 4. The molecule has 1 N–H and O–H groups in total.